The molecule has 0 aliphatic heterocycles. The lowest BCUT2D eigenvalue weighted by atomic mass is 10.1. The average Bonchev–Trinajstić information content (AvgIpc) is 3.25. The Labute approximate surface area is 179 Å². The number of aromatic hydroxyl groups is 1. The van der Waals surface area contributed by atoms with E-state index in [4.69, 9.17) is 4.74 Å². The van der Waals surface area contributed by atoms with E-state index in [1.165, 1.54) is 23.6 Å². The van der Waals surface area contributed by atoms with Crippen molar-refractivity contribution in [2.24, 2.45) is 5.10 Å². The van der Waals surface area contributed by atoms with Crippen molar-refractivity contribution in [2.45, 2.75) is 26.2 Å². The zero-order chi connectivity index (χ0) is 21.0. The number of halogens is 1. The summed E-state index contributed by atoms with van der Waals surface area (Å²) >= 11 is 4.55. The number of nitrogens with zero attached hydrogens (tertiary/aromatic N) is 1. The second-order valence-corrected chi connectivity index (χ2v) is 8.16. The van der Waals surface area contributed by atoms with E-state index in [0.717, 1.165) is 34.2 Å². The van der Waals surface area contributed by atoms with E-state index < -0.39 is 17.8 Å². The van der Waals surface area contributed by atoms with Crippen LogP contribution in [-0.2, 0) is 27.2 Å². The maximum Gasteiger partial charge on any atom is 0.341 e. The quantitative estimate of drug-likeness (QED) is 0.263. The smallest absolute Gasteiger partial charge is 0.341 e. The highest BCUT2D eigenvalue weighted by atomic mass is 79.9. The normalized spacial score (nSPS) is 12.6. The Balaban J connectivity index is 1.69. The van der Waals surface area contributed by atoms with Gasteiger partial charge in [0, 0.05) is 14.9 Å². The molecule has 10 heteroatoms. The molecule has 2 amide bonds. The molecule has 1 aromatic carbocycles. The van der Waals surface area contributed by atoms with Gasteiger partial charge in [-0.15, -0.1) is 11.3 Å². The number of ether oxygens (including phenoxy) is 1. The zero-order valence-electron chi connectivity index (χ0n) is 15.5. The molecule has 2 aromatic rings. The summed E-state index contributed by atoms with van der Waals surface area (Å²) in [6.45, 7) is 1.92. The molecule has 0 fully saturated rings. The number of thiophene rings is 1. The van der Waals surface area contributed by atoms with Crippen LogP contribution in [0.4, 0.5) is 5.00 Å². The number of nitrogens with one attached hydrogen (secondary N) is 2. The first kappa shape index (κ1) is 21.0. The van der Waals surface area contributed by atoms with Crippen LogP contribution >= 0.6 is 27.3 Å². The standard InChI is InChI=1S/C19H18BrN3O5S/c1-2-28-19(27)15-12-4-3-5-14(12)29-18(15)22-16(25)17(26)23-21-9-10-8-11(20)6-7-13(10)24/h6-9,24H,2-5H2,1H3,(H,22,25)(H,23,26)/b21-9+. The Morgan fingerprint density at radius 3 is 2.86 bits per heavy atom. The minimum absolute atomic E-state index is 0.0252. The number of amides is 2. The van der Waals surface area contributed by atoms with E-state index in [1.54, 1.807) is 19.1 Å². The molecule has 0 saturated carbocycles. The zero-order valence-corrected chi connectivity index (χ0v) is 17.9. The second-order valence-electron chi connectivity index (χ2n) is 6.14. The third-order valence-electron chi connectivity index (χ3n) is 4.19. The summed E-state index contributed by atoms with van der Waals surface area (Å²) in [5, 5.41) is 16.2. The van der Waals surface area contributed by atoms with Gasteiger partial charge in [-0.25, -0.2) is 10.2 Å². The van der Waals surface area contributed by atoms with Crippen LogP contribution in [0.25, 0.3) is 0 Å². The van der Waals surface area contributed by atoms with Crippen molar-refractivity contribution in [1.29, 1.82) is 0 Å². The molecular weight excluding hydrogens is 462 g/mol. The van der Waals surface area contributed by atoms with Gasteiger partial charge in [-0.1, -0.05) is 15.9 Å². The van der Waals surface area contributed by atoms with E-state index in [9.17, 15) is 19.5 Å². The number of carbonyl (C=O) groups excluding carboxylic acids is 3. The molecule has 8 nitrogen and oxygen atoms in total. The van der Waals surface area contributed by atoms with E-state index in [1.807, 2.05) is 0 Å². The molecule has 3 N–H and O–H groups in total. The largest absolute Gasteiger partial charge is 0.507 e. The van der Waals surface area contributed by atoms with Gasteiger partial charge >= 0.3 is 17.8 Å². The molecule has 0 atom stereocenters. The van der Waals surface area contributed by atoms with Crippen molar-refractivity contribution in [3.8, 4) is 5.75 Å². The number of hydrazone groups is 1. The van der Waals surface area contributed by atoms with Crippen molar-refractivity contribution in [3.63, 3.8) is 0 Å². The number of phenols is 1. The summed E-state index contributed by atoms with van der Waals surface area (Å²) in [6, 6.07) is 4.72. The van der Waals surface area contributed by atoms with Gasteiger partial charge in [0.25, 0.3) is 0 Å². The van der Waals surface area contributed by atoms with Gasteiger partial charge in [0.05, 0.1) is 18.4 Å². The maximum atomic E-state index is 12.3. The highest BCUT2D eigenvalue weighted by Crippen LogP contribution is 2.39. The lowest BCUT2D eigenvalue weighted by Gasteiger charge is -2.07. The molecule has 0 unspecified atom stereocenters. The first-order chi connectivity index (χ1) is 13.9. The van der Waals surface area contributed by atoms with Crippen LogP contribution in [0.3, 0.4) is 0 Å². The van der Waals surface area contributed by atoms with Crippen molar-refractivity contribution >= 4 is 56.3 Å². The summed E-state index contributed by atoms with van der Waals surface area (Å²) in [5.74, 6) is -2.49. The number of fused-ring (bicyclic) bond motifs is 1. The van der Waals surface area contributed by atoms with E-state index in [2.05, 4.69) is 31.8 Å². The number of benzene rings is 1. The molecule has 0 saturated heterocycles. The minimum Gasteiger partial charge on any atom is -0.507 e. The van der Waals surface area contributed by atoms with Gasteiger partial charge in [-0.3, -0.25) is 9.59 Å². The van der Waals surface area contributed by atoms with Crippen molar-refractivity contribution in [1.82, 2.24) is 5.43 Å². The van der Waals surface area contributed by atoms with Crippen molar-refractivity contribution < 1.29 is 24.2 Å². The summed E-state index contributed by atoms with van der Waals surface area (Å²) in [4.78, 5) is 37.6. The Hall–Kier alpha value is -2.72. The molecule has 0 spiro atoms. The predicted octanol–water partition coefficient (Wildman–Crippen LogP) is 2.97. The van der Waals surface area contributed by atoms with E-state index in [-0.39, 0.29) is 12.4 Å². The van der Waals surface area contributed by atoms with Crippen molar-refractivity contribution in [3.05, 3.63) is 44.2 Å². The number of carbonyl (C=O) groups is 3. The molecule has 1 aliphatic rings. The molecule has 152 valence electrons. The molecule has 0 bridgehead atoms. The SMILES string of the molecule is CCOC(=O)c1c(NC(=O)C(=O)N/N=C/c2cc(Br)ccc2O)sc2c1CCC2. The predicted molar refractivity (Wildman–Crippen MR) is 112 cm³/mol. The molecule has 1 aliphatic carbocycles. The van der Waals surface area contributed by atoms with Gasteiger partial charge in [0.2, 0.25) is 0 Å². The lowest BCUT2D eigenvalue weighted by molar-refractivity contribution is -0.136. The van der Waals surface area contributed by atoms with Gasteiger partial charge < -0.3 is 15.2 Å². The Morgan fingerprint density at radius 2 is 2.10 bits per heavy atom. The second kappa shape index (κ2) is 9.19. The van der Waals surface area contributed by atoms with Gasteiger partial charge in [0.1, 0.15) is 10.8 Å². The Bertz CT molecular complexity index is 1000. The molecular formula is C19H18BrN3O5S. The fourth-order valence-electron chi connectivity index (χ4n) is 2.91. The lowest BCUT2D eigenvalue weighted by Crippen LogP contribution is -2.32. The fourth-order valence-corrected chi connectivity index (χ4v) is 4.56. The van der Waals surface area contributed by atoms with Gasteiger partial charge in [-0.2, -0.15) is 5.10 Å². The summed E-state index contributed by atoms with van der Waals surface area (Å²) in [5.41, 5.74) is 3.67. The van der Waals surface area contributed by atoms with Gasteiger partial charge in [-0.05, 0) is 49.9 Å². The van der Waals surface area contributed by atoms with Crippen LogP contribution in [0.1, 0.15) is 39.7 Å². The molecule has 0 radical (unpaired) electrons. The summed E-state index contributed by atoms with van der Waals surface area (Å²) in [6.07, 6.45) is 3.73. The Morgan fingerprint density at radius 1 is 1.31 bits per heavy atom. The van der Waals surface area contributed by atoms with Gasteiger partial charge in [0.15, 0.2) is 0 Å². The number of aryl methyl sites for hydroxylation is 1. The number of phenolic OH excluding ortho intramolecular Hbond substituents is 1. The number of hydrogen-bond donors (Lipinski definition) is 3. The fraction of sp³-hybridized carbons (Fsp3) is 0.263. The maximum absolute atomic E-state index is 12.3. The number of rotatable bonds is 5. The van der Waals surface area contributed by atoms with Crippen LogP contribution in [0.15, 0.2) is 27.8 Å². The van der Waals surface area contributed by atoms with E-state index >= 15 is 0 Å². The summed E-state index contributed by atoms with van der Waals surface area (Å²) < 4.78 is 5.81. The van der Waals surface area contributed by atoms with Crippen LogP contribution < -0.4 is 10.7 Å². The monoisotopic (exact) mass is 479 g/mol. The third-order valence-corrected chi connectivity index (χ3v) is 5.89. The number of hydrogen-bond acceptors (Lipinski definition) is 7. The number of anilines is 1. The average molecular weight is 480 g/mol. The first-order valence-electron chi connectivity index (χ1n) is 8.85. The molecule has 1 heterocycles. The summed E-state index contributed by atoms with van der Waals surface area (Å²) in [7, 11) is 0. The van der Waals surface area contributed by atoms with Crippen LogP contribution in [0, 0.1) is 0 Å². The first-order valence-corrected chi connectivity index (χ1v) is 10.5. The van der Waals surface area contributed by atoms with Crippen LogP contribution in [0.5, 0.6) is 5.75 Å². The van der Waals surface area contributed by atoms with Crippen LogP contribution in [-0.4, -0.2) is 35.7 Å². The minimum atomic E-state index is -1.00. The highest BCUT2D eigenvalue weighted by molar-refractivity contribution is 9.10. The highest BCUT2D eigenvalue weighted by Gasteiger charge is 2.29. The van der Waals surface area contributed by atoms with E-state index in [0.29, 0.717) is 16.1 Å². The molecule has 29 heavy (non-hydrogen) atoms. The third kappa shape index (κ3) is 4.83. The Kier molecular flexibility index (Phi) is 6.65. The van der Waals surface area contributed by atoms with Crippen molar-refractivity contribution in [2.75, 3.05) is 11.9 Å². The number of esters is 1. The topological polar surface area (TPSA) is 117 Å². The molecule has 3 rings (SSSR count). The molecule has 1 aromatic heterocycles. The van der Waals surface area contributed by atoms with Crippen LogP contribution in [0.2, 0.25) is 0 Å².